The fourth-order valence-electron chi connectivity index (χ4n) is 1.63. The predicted molar refractivity (Wildman–Crippen MR) is 80.9 cm³/mol. The van der Waals surface area contributed by atoms with Gasteiger partial charge in [0.15, 0.2) is 0 Å². The van der Waals surface area contributed by atoms with E-state index in [0.717, 1.165) is 4.47 Å². The standard InChI is InChI=1S/C14H17BrN2O4/c1-3-17(9-12(18)16-14(20)21-4-2)13(19)10-6-5-7-11(15)8-10/h5-8H,3-4,9H2,1-2H3,(H,16,18,20). The molecule has 0 aromatic heterocycles. The van der Waals surface area contributed by atoms with Crippen molar-refractivity contribution in [1.29, 1.82) is 0 Å². The molecule has 0 radical (unpaired) electrons. The maximum absolute atomic E-state index is 12.3. The lowest BCUT2D eigenvalue weighted by Crippen LogP contribution is -2.42. The number of imide groups is 1. The molecule has 0 aliphatic heterocycles. The minimum Gasteiger partial charge on any atom is -0.450 e. The Morgan fingerprint density at radius 3 is 2.57 bits per heavy atom. The maximum Gasteiger partial charge on any atom is 0.413 e. The van der Waals surface area contributed by atoms with Crippen LogP contribution in [0.3, 0.4) is 0 Å². The third-order valence-electron chi connectivity index (χ3n) is 2.59. The van der Waals surface area contributed by atoms with E-state index in [1.54, 1.807) is 38.1 Å². The summed E-state index contributed by atoms with van der Waals surface area (Å²) in [5.41, 5.74) is 0.468. The van der Waals surface area contributed by atoms with Gasteiger partial charge >= 0.3 is 6.09 Å². The zero-order valence-corrected chi connectivity index (χ0v) is 13.5. The van der Waals surface area contributed by atoms with Gasteiger partial charge in [0.1, 0.15) is 6.54 Å². The second kappa shape index (κ2) is 8.41. The molecule has 0 aliphatic carbocycles. The Morgan fingerprint density at radius 1 is 1.29 bits per heavy atom. The summed E-state index contributed by atoms with van der Waals surface area (Å²) in [6.07, 6.45) is -0.812. The number of hydrogen-bond donors (Lipinski definition) is 1. The van der Waals surface area contributed by atoms with E-state index in [9.17, 15) is 14.4 Å². The lowest BCUT2D eigenvalue weighted by Gasteiger charge is -2.20. The first-order valence-electron chi connectivity index (χ1n) is 6.49. The van der Waals surface area contributed by atoms with E-state index in [4.69, 9.17) is 0 Å². The van der Waals surface area contributed by atoms with Crippen LogP contribution in [0.5, 0.6) is 0 Å². The Labute approximate surface area is 131 Å². The van der Waals surface area contributed by atoms with E-state index in [2.05, 4.69) is 26.0 Å². The highest BCUT2D eigenvalue weighted by Crippen LogP contribution is 2.13. The van der Waals surface area contributed by atoms with Gasteiger partial charge in [0, 0.05) is 16.6 Å². The highest BCUT2D eigenvalue weighted by molar-refractivity contribution is 9.10. The molecule has 7 heteroatoms. The molecule has 0 bridgehead atoms. The molecular weight excluding hydrogens is 340 g/mol. The van der Waals surface area contributed by atoms with Crippen LogP contribution in [0.4, 0.5) is 4.79 Å². The second-order valence-electron chi connectivity index (χ2n) is 4.10. The Hall–Kier alpha value is -1.89. The van der Waals surface area contributed by atoms with E-state index < -0.39 is 12.0 Å². The van der Waals surface area contributed by atoms with Gasteiger partial charge in [-0.15, -0.1) is 0 Å². The van der Waals surface area contributed by atoms with Gasteiger partial charge in [-0.3, -0.25) is 14.9 Å². The minimum atomic E-state index is -0.812. The lowest BCUT2D eigenvalue weighted by molar-refractivity contribution is -0.121. The van der Waals surface area contributed by atoms with Crippen LogP contribution in [0.2, 0.25) is 0 Å². The molecule has 114 valence electrons. The van der Waals surface area contributed by atoms with Crippen molar-refractivity contribution >= 4 is 33.8 Å². The van der Waals surface area contributed by atoms with E-state index >= 15 is 0 Å². The number of alkyl carbamates (subject to hydrolysis) is 1. The summed E-state index contributed by atoms with van der Waals surface area (Å²) in [6, 6.07) is 6.89. The third kappa shape index (κ3) is 5.55. The maximum atomic E-state index is 12.3. The average molecular weight is 357 g/mol. The Morgan fingerprint density at radius 2 is 2.00 bits per heavy atom. The van der Waals surface area contributed by atoms with Crippen LogP contribution in [0.1, 0.15) is 24.2 Å². The number of halogens is 1. The van der Waals surface area contributed by atoms with Crippen LogP contribution in [0, 0.1) is 0 Å². The summed E-state index contributed by atoms with van der Waals surface area (Å²) in [6.45, 7) is 3.71. The molecule has 0 saturated heterocycles. The van der Waals surface area contributed by atoms with Crippen molar-refractivity contribution in [2.75, 3.05) is 19.7 Å². The highest BCUT2D eigenvalue weighted by atomic mass is 79.9. The number of carbonyl (C=O) groups excluding carboxylic acids is 3. The van der Waals surface area contributed by atoms with E-state index in [1.807, 2.05) is 0 Å². The van der Waals surface area contributed by atoms with Gasteiger partial charge in [-0.25, -0.2) is 4.79 Å². The van der Waals surface area contributed by atoms with Crippen molar-refractivity contribution in [2.24, 2.45) is 0 Å². The van der Waals surface area contributed by atoms with Crippen LogP contribution in [0.15, 0.2) is 28.7 Å². The fraction of sp³-hybridized carbons (Fsp3) is 0.357. The van der Waals surface area contributed by atoms with Gasteiger partial charge in [-0.1, -0.05) is 22.0 Å². The van der Waals surface area contributed by atoms with Crippen LogP contribution in [-0.2, 0) is 9.53 Å². The first-order valence-corrected chi connectivity index (χ1v) is 7.28. The average Bonchev–Trinajstić information content (AvgIpc) is 2.44. The molecule has 0 fully saturated rings. The van der Waals surface area contributed by atoms with Crippen molar-refractivity contribution in [3.63, 3.8) is 0 Å². The molecule has 0 aliphatic rings. The topological polar surface area (TPSA) is 75.7 Å². The molecule has 1 aromatic carbocycles. The summed E-state index contributed by atoms with van der Waals surface area (Å²) < 4.78 is 5.39. The van der Waals surface area contributed by atoms with Crippen molar-refractivity contribution < 1.29 is 19.1 Å². The molecular formula is C14H17BrN2O4. The number of likely N-dealkylation sites (N-methyl/N-ethyl adjacent to an activating group) is 1. The first kappa shape index (κ1) is 17.2. The Kier molecular flexibility index (Phi) is 6.87. The molecule has 0 unspecified atom stereocenters. The number of carbonyl (C=O) groups is 3. The molecule has 3 amide bonds. The number of rotatable bonds is 5. The second-order valence-corrected chi connectivity index (χ2v) is 5.01. The zero-order chi connectivity index (χ0) is 15.8. The van der Waals surface area contributed by atoms with Crippen molar-refractivity contribution in [2.45, 2.75) is 13.8 Å². The summed E-state index contributed by atoms with van der Waals surface area (Å²) >= 11 is 3.29. The van der Waals surface area contributed by atoms with Crippen LogP contribution in [0.25, 0.3) is 0 Å². The fourth-order valence-corrected chi connectivity index (χ4v) is 2.02. The SMILES string of the molecule is CCOC(=O)NC(=O)CN(CC)C(=O)c1cccc(Br)c1. The zero-order valence-electron chi connectivity index (χ0n) is 11.9. The van der Waals surface area contributed by atoms with Crippen molar-refractivity contribution in [3.05, 3.63) is 34.3 Å². The van der Waals surface area contributed by atoms with E-state index in [1.165, 1.54) is 4.90 Å². The molecule has 1 N–H and O–H groups in total. The summed E-state index contributed by atoms with van der Waals surface area (Å²) in [7, 11) is 0. The van der Waals surface area contributed by atoms with Gasteiger partial charge in [-0.05, 0) is 32.0 Å². The number of ether oxygens (including phenoxy) is 1. The molecule has 0 atom stereocenters. The van der Waals surface area contributed by atoms with E-state index in [-0.39, 0.29) is 19.1 Å². The monoisotopic (exact) mass is 356 g/mol. The van der Waals surface area contributed by atoms with Crippen molar-refractivity contribution in [1.82, 2.24) is 10.2 Å². The lowest BCUT2D eigenvalue weighted by atomic mass is 10.2. The normalized spacial score (nSPS) is 9.86. The molecule has 0 spiro atoms. The molecule has 0 heterocycles. The van der Waals surface area contributed by atoms with E-state index in [0.29, 0.717) is 12.1 Å². The Balaban J connectivity index is 2.68. The summed E-state index contributed by atoms with van der Waals surface area (Å²) in [5, 5.41) is 2.06. The Bertz CT molecular complexity index is 533. The van der Waals surface area contributed by atoms with Gasteiger partial charge in [-0.2, -0.15) is 0 Å². The summed E-state index contributed by atoms with van der Waals surface area (Å²) in [5.74, 6) is -0.864. The number of nitrogens with zero attached hydrogens (tertiary/aromatic N) is 1. The molecule has 1 rings (SSSR count). The molecule has 6 nitrogen and oxygen atoms in total. The van der Waals surface area contributed by atoms with Crippen LogP contribution < -0.4 is 5.32 Å². The van der Waals surface area contributed by atoms with Gasteiger partial charge in [0.25, 0.3) is 5.91 Å². The molecule has 0 saturated carbocycles. The predicted octanol–water partition coefficient (Wildman–Crippen LogP) is 2.18. The quantitative estimate of drug-likeness (QED) is 0.877. The molecule has 21 heavy (non-hydrogen) atoms. The van der Waals surface area contributed by atoms with Gasteiger partial charge < -0.3 is 9.64 Å². The largest absolute Gasteiger partial charge is 0.450 e. The molecule has 1 aromatic rings. The number of amides is 3. The number of hydrogen-bond acceptors (Lipinski definition) is 4. The number of benzene rings is 1. The minimum absolute atomic E-state index is 0.174. The first-order chi connectivity index (χ1) is 9.97. The van der Waals surface area contributed by atoms with Crippen molar-refractivity contribution in [3.8, 4) is 0 Å². The third-order valence-corrected chi connectivity index (χ3v) is 3.09. The smallest absolute Gasteiger partial charge is 0.413 e. The highest BCUT2D eigenvalue weighted by Gasteiger charge is 2.18. The van der Waals surface area contributed by atoms with Gasteiger partial charge in [0.2, 0.25) is 5.91 Å². The van der Waals surface area contributed by atoms with Crippen LogP contribution >= 0.6 is 15.9 Å². The number of nitrogens with one attached hydrogen (secondary N) is 1. The summed E-state index contributed by atoms with van der Waals surface area (Å²) in [4.78, 5) is 36.5. The van der Waals surface area contributed by atoms with Gasteiger partial charge in [0.05, 0.1) is 6.61 Å². The van der Waals surface area contributed by atoms with Crippen LogP contribution in [-0.4, -0.2) is 42.5 Å².